The maximum Gasteiger partial charge on any atom is 0.416 e. The van der Waals surface area contributed by atoms with E-state index in [2.05, 4.69) is 10.2 Å². The van der Waals surface area contributed by atoms with E-state index in [9.17, 15) is 35.9 Å². The lowest BCUT2D eigenvalue weighted by molar-refractivity contribution is -0.143. The summed E-state index contributed by atoms with van der Waals surface area (Å²) in [6.07, 6.45) is -8.64. The average Bonchev–Trinajstić information content (AvgIpc) is 3.65. The van der Waals surface area contributed by atoms with Gasteiger partial charge in [0.05, 0.1) is 23.1 Å². The van der Waals surface area contributed by atoms with Crippen LogP contribution < -0.4 is 0 Å². The molecule has 1 unspecified atom stereocenters. The molecule has 2 aromatic carbocycles. The van der Waals surface area contributed by atoms with E-state index >= 15 is 0 Å². The van der Waals surface area contributed by atoms with E-state index < -0.39 is 41.0 Å². The van der Waals surface area contributed by atoms with Crippen molar-refractivity contribution in [3.8, 4) is 17.3 Å². The topological polar surface area (TPSA) is 84.5 Å². The Hall–Kier alpha value is -4.27. The number of hydrogen-bond donors (Lipinski definition) is 0. The summed E-state index contributed by atoms with van der Waals surface area (Å²) in [6.45, 7) is 3.54. The number of rotatable bonds is 6. The highest BCUT2D eigenvalue weighted by Gasteiger charge is 2.39. The molecule has 8 nitrogen and oxygen atoms in total. The number of carbonyl (C=O) groups excluding carboxylic acids is 2. The second-order valence-corrected chi connectivity index (χ2v) is 11.2. The average molecular weight is 638 g/mol. The Balaban J connectivity index is 1.28. The number of aryl methyl sites for hydroxylation is 1. The van der Waals surface area contributed by atoms with Crippen molar-refractivity contribution < 1.29 is 40.3 Å². The summed E-state index contributed by atoms with van der Waals surface area (Å²) in [7, 11) is 0. The van der Waals surface area contributed by atoms with Crippen LogP contribution in [0.5, 0.6) is 0 Å². The summed E-state index contributed by atoms with van der Waals surface area (Å²) >= 11 is 1.14. The molecule has 5 rings (SSSR count). The Kier molecular flexibility index (Phi) is 8.51. The molecule has 0 saturated carbocycles. The van der Waals surface area contributed by atoms with Gasteiger partial charge in [0.15, 0.2) is 10.9 Å². The largest absolute Gasteiger partial charge is 0.461 e. The van der Waals surface area contributed by atoms with Gasteiger partial charge in [0, 0.05) is 36.9 Å². The van der Waals surface area contributed by atoms with Gasteiger partial charge < -0.3 is 14.2 Å². The number of thioether (sulfide) groups is 1. The first-order valence-electron chi connectivity index (χ1n) is 13.3. The van der Waals surface area contributed by atoms with Crippen molar-refractivity contribution in [2.24, 2.45) is 0 Å². The lowest BCUT2D eigenvalue weighted by atomic mass is 10.0. The van der Waals surface area contributed by atoms with Gasteiger partial charge >= 0.3 is 12.4 Å². The van der Waals surface area contributed by atoms with E-state index in [0.717, 1.165) is 23.0 Å². The van der Waals surface area contributed by atoms with Crippen LogP contribution in [0.15, 0.2) is 70.4 Å². The fourth-order valence-corrected chi connectivity index (χ4v) is 5.66. The minimum absolute atomic E-state index is 0.0221. The summed E-state index contributed by atoms with van der Waals surface area (Å²) in [5, 5.41) is 8.93. The first-order valence-corrected chi connectivity index (χ1v) is 14.3. The Bertz CT molecular complexity index is 1620. The maximum absolute atomic E-state index is 13.3. The lowest BCUT2D eigenvalue weighted by Gasteiger charge is -2.40. The number of alkyl halides is 6. The third kappa shape index (κ3) is 6.61. The monoisotopic (exact) mass is 637 g/mol. The molecule has 0 radical (unpaired) electrons. The Morgan fingerprint density at radius 3 is 2.18 bits per heavy atom. The van der Waals surface area contributed by atoms with Gasteiger partial charge in [0.2, 0.25) is 11.7 Å². The van der Waals surface area contributed by atoms with Gasteiger partial charge in [0.25, 0.3) is 5.91 Å². The van der Waals surface area contributed by atoms with Crippen molar-refractivity contribution in [3.63, 3.8) is 0 Å². The Morgan fingerprint density at radius 1 is 0.955 bits per heavy atom. The van der Waals surface area contributed by atoms with E-state index in [1.807, 2.05) is 31.2 Å². The second kappa shape index (κ2) is 12.0. The number of nitrogens with zero attached hydrogens (tertiary/aromatic N) is 5. The van der Waals surface area contributed by atoms with Crippen molar-refractivity contribution in [2.45, 2.75) is 37.4 Å². The van der Waals surface area contributed by atoms with Crippen LogP contribution in [0.25, 0.3) is 17.3 Å². The molecular formula is C29H25F6N5O3S. The van der Waals surface area contributed by atoms with Gasteiger partial charge in [0.1, 0.15) is 0 Å². The number of amides is 2. The van der Waals surface area contributed by atoms with Gasteiger partial charge in [-0.15, -0.1) is 10.2 Å². The third-order valence-electron chi connectivity index (χ3n) is 7.07. The van der Waals surface area contributed by atoms with Crippen LogP contribution >= 0.6 is 11.8 Å². The van der Waals surface area contributed by atoms with Gasteiger partial charge in [-0.1, -0.05) is 29.5 Å². The molecule has 2 amide bonds. The summed E-state index contributed by atoms with van der Waals surface area (Å²) in [6, 6.07) is 11.2. The van der Waals surface area contributed by atoms with Gasteiger partial charge in [-0.2, -0.15) is 26.3 Å². The molecule has 1 aliphatic heterocycles. The van der Waals surface area contributed by atoms with Crippen molar-refractivity contribution in [1.29, 1.82) is 0 Å². The third-order valence-corrected chi connectivity index (χ3v) is 7.98. The van der Waals surface area contributed by atoms with E-state index in [4.69, 9.17) is 4.42 Å². The number of furan rings is 1. The smallest absolute Gasteiger partial charge is 0.416 e. The number of halogens is 6. The zero-order valence-corrected chi connectivity index (χ0v) is 24.1. The van der Waals surface area contributed by atoms with Crippen LogP contribution in [0, 0.1) is 6.92 Å². The molecule has 0 aliphatic carbocycles. The highest BCUT2D eigenvalue weighted by molar-refractivity contribution is 7.99. The van der Waals surface area contributed by atoms with Crippen molar-refractivity contribution in [3.05, 3.63) is 83.1 Å². The molecule has 1 saturated heterocycles. The molecular weight excluding hydrogens is 612 g/mol. The van der Waals surface area contributed by atoms with Crippen LogP contribution in [0.2, 0.25) is 0 Å². The normalized spacial score (nSPS) is 16.0. The van der Waals surface area contributed by atoms with Gasteiger partial charge in [-0.25, -0.2) is 0 Å². The van der Waals surface area contributed by atoms with E-state index in [-0.39, 0.29) is 37.4 Å². The molecule has 2 aromatic heterocycles. The molecule has 0 spiro atoms. The van der Waals surface area contributed by atoms with E-state index in [0.29, 0.717) is 28.9 Å². The number of carbonyl (C=O) groups is 2. The van der Waals surface area contributed by atoms with Crippen LogP contribution in [-0.4, -0.2) is 67.8 Å². The van der Waals surface area contributed by atoms with Gasteiger partial charge in [-0.05, 0) is 56.3 Å². The minimum Gasteiger partial charge on any atom is -0.461 e. The van der Waals surface area contributed by atoms with Crippen molar-refractivity contribution >= 4 is 23.6 Å². The molecule has 1 fully saturated rings. The molecule has 44 heavy (non-hydrogen) atoms. The van der Waals surface area contributed by atoms with E-state index in [1.165, 1.54) is 16.1 Å². The number of aromatic nitrogens is 3. The Morgan fingerprint density at radius 2 is 1.61 bits per heavy atom. The lowest BCUT2D eigenvalue weighted by Crippen LogP contribution is -2.55. The minimum atomic E-state index is -5.08. The quantitative estimate of drug-likeness (QED) is 0.181. The molecule has 0 bridgehead atoms. The van der Waals surface area contributed by atoms with Crippen LogP contribution in [0.3, 0.4) is 0 Å². The number of benzene rings is 2. The SMILES string of the molecule is Cc1ccc(-n2c(SCC(=O)N3CCN(C(=O)c4cc(C(F)(F)F)cc(C(F)(F)F)c4)C(C)C3)nnc2-c2ccco2)cc1. The van der Waals surface area contributed by atoms with Crippen molar-refractivity contribution in [1.82, 2.24) is 24.6 Å². The number of piperazine rings is 1. The molecule has 232 valence electrons. The molecule has 0 N–H and O–H groups in total. The molecule has 15 heteroatoms. The predicted octanol–water partition coefficient (Wildman–Crippen LogP) is 6.34. The summed E-state index contributed by atoms with van der Waals surface area (Å²) in [5.74, 6) is -0.379. The fraction of sp³-hybridized carbons (Fsp3) is 0.310. The predicted molar refractivity (Wildman–Crippen MR) is 148 cm³/mol. The summed E-state index contributed by atoms with van der Waals surface area (Å²) in [4.78, 5) is 29.0. The molecule has 3 heterocycles. The summed E-state index contributed by atoms with van der Waals surface area (Å²) in [5.41, 5.74) is -2.06. The van der Waals surface area contributed by atoms with E-state index in [1.54, 1.807) is 23.6 Å². The second-order valence-electron chi connectivity index (χ2n) is 10.2. The Labute approximate surface area is 251 Å². The fourth-order valence-electron chi connectivity index (χ4n) is 4.80. The molecule has 1 aliphatic rings. The van der Waals surface area contributed by atoms with Crippen LogP contribution in [-0.2, 0) is 17.1 Å². The summed E-state index contributed by atoms with van der Waals surface area (Å²) < 4.78 is 87.1. The van der Waals surface area contributed by atoms with Crippen LogP contribution in [0.4, 0.5) is 26.3 Å². The van der Waals surface area contributed by atoms with Gasteiger partial charge in [-0.3, -0.25) is 14.2 Å². The molecule has 4 aromatic rings. The van der Waals surface area contributed by atoms with Crippen LogP contribution in [0.1, 0.15) is 34.0 Å². The zero-order chi connectivity index (χ0) is 31.8. The van der Waals surface area contributed by atoms with Crippen molar-refractivity contribution in [2.75, 3.05) is 25.4 Å². The number of hydrogen-bond acceptors (Lipinski definition) is 6. The zero-order valence-electron chi connectivity index (χ0n) is 23.3. The maximum atomic E-state index is 13.3. The first-order chi connectivity index (χ1) is 20.7. The molecule has 1 atom stereocenters. The standard InChI is InChI=1S/C29H25F6N5O3S/c1-17-5-7-22(8-6-17)40-25(23-4-3-11-43-23)36-37-27(40)44-16-24(41)38-9-10-39(18(2)15-38)26(42)19-12-20(28(30,31)32)14-21(13-19)29(33,34)35/h3-8,11-14,18H,9-10,15-16H2,1-2H3. The highest BCUT2D eigenvalue weighted by atomic mass is 32.2. The highest BCUT2D eigenvalue weighted by Crippen LogP contribution is 2.37. The first kappa shape index (κ1) is 31.2.